The van der Waals surface area contributed by atoms with Crippen LogP contribution in [0.5, 0.6) is 0 Å². The number of piperazine rings is 1. The maximum absolute atomic E-state index is 12.9. The molecule has 0 bridgehead atoms. The van der Waals surface area contributed by atoms with E-state index < -0.39 is 21.8 Å². The van der Waals surface area contributed by atoms with Crippen LogP contribution in [0.3, 0.4) is 0 Å². The quantitative estimate of drug-likeness (QED) is 0.787. The molecule has 1 fully saturated rings. The molecule has 0 aliphatic carbocycles. The van der Waals surface area contributed by atoms with Gasteiger partial charge in [0.05, 0.1) is 10.5 Å². The average molecular weight is 398 g/mol. The fourth-order valence-corrected chi connectivity index (χ4v) is 4.80. The molecule has 1 atom stereocenters. The number of sulfonamides is 1. The Balaban J connectivity index is 1.81. The molecule has 1 aliphatic heterocycles. The first-order valence-corrected chi connectivity index (χ1v) is 10.0. The summed E-state index contributed by atoms with van der Waals surface area (Å²) in [6, 6.07) is 11.8. The molecule has 1 unspecified atom stereocenters. The van der Waals surface area contributed by atoms with Crippen LogP contribution in [0, 0.1) is 6.92 Å². The standard InChI is InChI=1S/C19H21F3N2O2S/c1-14-6-8-17(9-7-14)24-11-10-23(13-15(24)2)27(25,26)18-5-3-4-16(12-18)19(20,21)22/h3-9,12,15H,10-11,13H2,1-2H3. The molecule has 0 N–H and O–H groups in total. The van der Waals surface area contributed by atoms with E-state index in [1.807, 2.05) is 38.1 Å². The van der Waals surface area contributed by atoms with Gasteiger partial charge in [-0.1, -0.05) is 23.8 Å². The molecule has 0 aromatic heterocycles. The van der Waals surface area contributed by atoms with E-state index in [4.69, 9.17) is 0 Å². The van der Waals surface area contributed by atoms with Gasteiger partial charge in [0, 0.05) is 31.4 Å². The second-order valence-corrected chi connectivity index (χ2v) is 8.70. The van der Waals surface area contributed by atoms with E-state index in [2.05, 4.69) is 4.90 Å². The van der Waals surface area contributed by atoms with Crippen LogP contribution >= 0.6 is 0 Å². The lowest BCUT2D eigenvalue weighted by atomic mass is 10.1. The van der Waals surface area contributed by atoms with Crippen molar-refractivity contribution in [3.63, 3.8) is 0 Å². The van der Waals surface area contributed by atoms with Crippen molar-refractivity contribution in [1.82, 2.24) is 4.31 Å². The van der Waals surface area contributed by atoms with Gasteiger partial charge in [-0.2, -0.15) is 17.5 Å². The lowest BCUT2D eigenvalue weighted by molar-refractivity contribution is -0.137. The molecule has 4 nitrogen and oxygen atoms in total. The van der Waals surface area contributed by atoms with Crippen LogP contribution in [0.4, 0.5) is 18.9 Å². The summed E-state index contributed by atoms with van der Waals surface area (Å²) in [6.07, 6.45) is -4.58. The lowest BCUT2D eigenvalue weighted by Crippen LogP contribution is -2.53. The first-order valence-electron chi connectivity index (χ1n) is 8.60. The molecule has 27 heavy (non-hydrogen) atoms. The van der Waals surface area contributed by atoms with Gasteiger partial charge in [0.25, 0.3) is 0 Å². The largest absolute Gasteiger partial charge is 0.416 e. The molecular weight excluding hydrogens is 377 g/mol. The van der Waals surface area contributed by atoms with Gasteiger partial charge in [0.15, 0.2) is 0 Å². The SMILES string of the molecule is Cc1ccc(N2CCN(S(=O)(=O)c3cccc(C(F)(F)F)c3)CC2C)cc1. The van der Waals surface area contributed by atoms with Crippen molar-refractivity contribution >= 4 is 15.7 Å². The first-order chi connectivity index (χ1) is 12.6. The van der Waals surface area contributed by atoms with Crippen molar-refractivity contribution in [2.75, 3.05) is 24.5 Å². The molecular formula is C19H21F3N2O2S. The number of alkyl halides is 3. The van der Waals surface area contributed by atoms with Gasteiger partial charge < -0.3 is 4.90 Å². The Morgan fingerprint density at radius 3 is 2.30 bits per heavy atom. The summed E-state index contributed by atoms with van der Waals surface area (Å²) in [4.78, 5) is 1.78. The highest BCUT2D eigenvalue weighted by Crippen LogP contribution is 2.32. The Labute approximate surface area is 157 Å². The molecule has 146 valence electrons. The molecule has 1 saturated heterocycles. The summed E-state index contributed by atoms with van der Waals surface area (Å²) in [5, 5.41) is 0. The van der Waals surface area contributed by atoms with E-state index in [1.165, 1.54) is 10.4 Å². The van der Waals surface area contributed by atoms with Crippen molar-refractivity contribution < 1.29 is 21.6 Å². The highest BCUT2D eigenvalue weighted by atomic mass is 32.2. The van der Waals surface area contributed by atoms with Crippen LogP contribution in [-0.4, -0.2) is 38.4 Å². The van der Waals surface area contributed by atoms with Crippen LogP contribution in [-0.2, 0) is 16.2 Å². The number of halogens is 3. The molecule has 1 heterocycles. The molecule has 2 aromatic rings. The van der Waals surface area contributed by atoms with Crippen molar-refractivity contribution in [3.8, 4) is 0 Å². The van der Waals surface area contributed by atoms with Crippen molar-refractivity contribution in [3.05, 3.63) is 59.7 Å². The maximum atomic E-state index is 12.9. The predicted molar refractivity (Wildman–Crippen MR) is 98.2 cm³/mol. The van der Waals surface area contributed by atoms with E-state index in [-0.39, 0.29) is 24.0 Å². The van der Waals surface area contributed by atoms with Crippen LogP contribution < -0.4 is 4.90 Å². The minimum Gasteiger partial charge on any atom is -0.366 e. The molecule has 0 radical (unpaired) electrons. The van der Waals surface area contributed by atoms with Crippen LogP contribution in [0.15, 0.2) is 53.4 Å². The number of nitrogens with zero attached hydrogens (tertiary/aromatic N) is 2. The normalized spacial score (nSPS) is 19.3. The average Bonchev–Trinajstić information content (AvgIpc) is 2.62. The summed E-state index contributed by atoms with van der Waals surface area (Å²) in [7, 11) is -3.98. The molecule has 8 heteroatoms. The summed E-state index contributed by atoms with van der Waals surface area (Å²) in [5.41, 5.74) is 1.18. The number of hydrogen-bond acceptors (Lipinski definition) is 3. The van der Waals surface area contributed by atoms with Crippen LogP contribution in [0.1, 0.15) is 18.1 Å². The van der Waals surface area contributed by atoms with E-state index in [9.17, 15) is 21.6 Å². The van der Waals surface area contributed by atoms with Gasteiger partial charge in [0.1, 0.15) is 0 Å². The Bertz CT molecular complexity index is 911. The van der Waals surface area contributed by atoms with E-state index >= 15 is 0 Å². The predicted octanol–water partition coefficient (Wildman–Crippen LogP) is 3.91. The zero-order valence-electron chi connectivity index (χ0n) is 15.1. The van der Waals surface area contributed by atoms with Gasteiger partial charge >= 0.3 is 6.18 Å². The van der Waals surface area contributed by atoms with E-state index in [0.29, 0.717) is 12.6 Å². The summed E-state index contributed by atoms with van der Waals surface area (Å²) in [5.74, 6) is 0. The topological polar surface area (TPSA) is 40.6 Å². The molecule has 1 aliphatic rings. The van der Waals surface area contributed by atoms with E-state index in [1.54, 1.807) is 0 Å². The van der Waals surface area contributed by atoms with Gasteiger partial charge in [-0.3, -0.25) is 0 Å². The van der Waals surface area contributed by atoms with Crippen molar-refractivity contribution in [2.24, 2.45) is 0 Å². The van der Waals surface area contributed by atoms with Crippen LogP contribution in [0.25, 0.3) is 0 Å². The second-order valence-electron chi connectivity index (χ2n) is 6.77. The van der Waals surface area contributed by atoms with Crippen molar-refractivity contribution in [1.29, 1.82) is 0 Å². The number of rotatable bonds is 3. The highest BCUT2D eigenvalue weighted by Gasteiger charge is 2.35. The Morgan fingerprint density at radius 2 is 1.70 bits per heavy atom. The molecule has 0 saturated carbocycles. The van der Waals surface area contributed by atoms with Gasteiger partial charge in [-0.15, -0.1) is 0 Å². The fraction of sp³-hybridized carbons (Fsp3) is 0.368. The number of benzene rings is 2. The zero-order chi connectivity index (χ0) is 19.8. The minimum absolute atomic E-state index is 0.0953. The Morgan fingerprint density at radius 1 is 1.04 bits per heavy atom. The highest BCUT2D eigenvalue weighted by molar-refractivity contribution is 7.89. The van der Waals surface area contributed by atoms with Gasteiger partial charge in [0.2, 0.25) is 10.0 Å². The summed E-state index contributed by atoms with van der Waals surface area (Å²) < 4.78 is 65.7. The second kappa shape index (κ2) is 7.16. The maximum Gasteiger partial charge on any atom is 0.416 e. The smallest absolute Gasteiger partial charge is 0.366 e. The third-order valence-corrected chi connectivity index (χ3v) is 6.62. The zero-order valence-corrected chi connectivity index (χ0v) is 15.9. The van der Waals surface area contributed by atoms with Crippen molar-refractivity contribution in [2.45, 2.75) is 31.0 Å². The fourth-order valence-electron chi connectivity index (χ4n) is 3.24. The third-order valence-electron chi connectivity index (χ3n) is 4.75. The number of anilines is 1. The first kappa shape index (κ1) is 19.7. The Hall–Kier alpha value is -2.06. The monoisotopic (exact) mass is 398 g/mol. The van der Waals surface area contributed by atoms with Gasteiger partial charge in [-0.25, -0.2) is 8.42 Å². The Kier molecular flexibility index (Phi) is 5.22. The molecule has 0 amide bonds. The molecule has 0 spiro atoms. The lowest BCUT2D eigenvalue weighted by Gasteiger charge is -2.40. The van der Waals surface area contributed by atoms with Gasteiger partial charge in [-0.05, 0) is 44.2 Å². The number of hydrogen-bond donors (Lipinski definition) is 0. The van der Waals surface area contributed by atoms with E-state index in [0.717, 1.165) is 23.4 Å². The summed E-state index contributed by atoms with van der Waals surface area (Å²) in [6.45, 7) is 4.81. The van der Waals surface area contributed by atoms with Crippen LogP contribution in [0.2, 0.25) is 0 Å². The third kappa shape index (κ3) is 4.11. The number of aryl methyl sites for hydroxylation is 1. The summed E-state index contributed by atoms with van der Waals surface area (Å²) >= 11 is 0. The molecule has 3 rings (SSSR count). The molecule has 2 aromatic carbocycles. The minimum atomic E-state index is -4.58.